The van der Waals surface area contributed by atoms with E-state index in [2.05, 4.69) is 44.8 Å². The number of hydrogen-bond donors (Lipinski definition) is 2. The molecule has 1 aliphatic heterocycles. The average molecular weight is 431 g/mol. The van der Waals surface area contributed by atoms with Gasteiger partial charge in [-0.05, 0) is 35.7 Å². The summed E-state index contributed by atoms with van der Waals surface area (Å²) in [6, 6.07) is 7.87. The zero-order valence-corrected chi connectivity index (χ0v) is 18.2. The van der Waals surface area contributed by atoms with E-state index in [1.165, 1.54) is 0 Å². The lowest BCUT2D eigenvalue weighted by Gasteiger charge is -2.26. The molecule has 0 saturated carbocycles. The first-order valence-corrected chi connectivity index (χ1v) is 10.9. The number of anilines is 2. The highest BCUT2D eigenvalue weighted by atomic mass is 16.5. The number of nitrogens with one attached hydrogen (secondary N) is 2. The van der Waals surface area contributed by atoms with Crippen LogP contribution >= 0.6 is 0 Å². The Bertz CT molecular complexity index is 1220. The second kappa shape index (κ2) is 8.97. The van der Waals surface area contributed by atoms with E-state index in [0.717, 1.165) is 47.4 Å². The van der Waals surface area contributed by atoms with E-state index >= 15 is 0 Å². The molecule has 4 aromatic heterocycles. The van der Waals surface area contributed by atoms with Gasteiger partial charge in [-0.2, -0.15) is 10.2 Å². The normalized spacial score (nSPS) is 14.1. The smallest absolute Gasteiger partial charge is 0.154 e. The molecular weight excluding hydrogens is 404 g/mol. The molecule has 4 aromatic rings. The van der Waals surface area contributed by atoms with Crippen LogP contribution in [-0.2, 0) is 11.3 Å². The van der Waals surface area contributed by atoms with Crippen molar-refractivity contribution in [2.24, 2.45) is 0 Å². The monoisotopic (exact) mass is 430 g/mol. The topological polar surface area (TPSA) is 103 Å². The third-order valence-electron chi connectivity index (χ3n) is 5.52. The van der Waals surface area contributed by atoms with Gasteiger partial charge in [-0.15, -0.1) is 5.10 Å². The van der Waals surface area contributed by atoms with Crippen LogP contribution in [0.2, 0.25) is 0 Å². The molecule has 0 spiro atoms. The minimum atomic E-state index is 0.336. The number of nitrogens with zero attached hydrogens (tertiary/aromatic N) is 6. The second-order valence-electron chi connectivity index (χ2n) is 8.26. The summed E-state index contributed by atoms with van der Waals surface area (Å²) in [5.41, 5.74) is 4.73. The standard InChI is InChI=1S/C23H26N8O/c1-15(2)16-8-23(30-26-10-16)29-22-4-3-20-21(28-22)7-17(9-25-20)18-11-27-31(14-18)5-6-32-19-12-24-13-19/h3-4,7-11,14-15,19,24H,5-6,12-13H2,1-2H3,(H,28,29,30). The summed E-state index contributed by atoms with van der Waals surface area (Å²) in [7, 11) is 0. The Morgan fingerprint density at radius 1 is 1.09 bits per heavy atom. The fraction of sp³-hybridized carbons (Fsp3) is 0.348. The quantitative estimate of drug-likeness (QED) is 0.440. The first-order chi connectivity index (χ1) is 15.6. The molecule has 0 unspecified atom stereocenters. The second-order valence-corrected chi connectivity index (χ2v) is 8.26. The van der Waals surface area contributed by atoms with E-state index in [1.54, 1.807) is 6.20 Å². The molecule has 5 heterocycles. The summed E-state index contributed by atoms with van der Waals surface area (Å²) in [6.07, 6.45) is 7.84. The van der Waals surface area contributed by atoms with Gasteiger partial charge in [0.1, 0.15) is 5.82 Å². The number of pyridine rings is 2. The first-order valence-electron chi connectivity index (χ1n) is 10.9. The molecule has 5 rings (SSSR count). The number of fused-ring (bicyclic) bond motifs is 1. The third kappa shape index (κ3) is 4.58. The van der Waals surface area contributed by atoms with Crippen LogP contribution < -0.4 is 10.6 Å². The van der Waals surface area contributed by atoms with Gasteiger partial charge in [-0.25, -0.2) is 4.98 Å². The highest BCUT2D eigenvalue weighted by Gasteiger charge is 2.16. The fourth-order valence-corrected chi connectivity index (χ4v) is 3.45. The van der Waals surface area contributed by atoms with Crippen LogP contribution in [0.25, 0.3) is 22.2 Å². The van der Waals surface area contributed by atoms with Crippen molar-refractivity contribution in [3.8, 4) is 11.1 Å². The van der Waals surface area contributed by atoms with Gasteiger partial charge in [0.05, 0.1) is 42.7 Å². The Morgan fingerprint density at radius 2 is 2.00 bits per heavy atom. The van der Waals surface area contributed by atoms with Crippen molar-refractivity contribution in [1.29, 1.82) is 0 Å². The van der Waals surface area contributed by atoms with Crippen LogP contribution in [-0.4, -0.2) is 55.7 Å². The molecule has 0 radical (unpaired) electrons. The van der Waals surface area contributed by atoms with Crippen molar-refractivity contribution < 1.29 is 4.74 Å². The Kier molecular flexibility index (Phi) is 5.74. The van der Waals surface area contributed by atoms with Gasteiger partial charge in [-0.3, -0.25) is 9.67 Å². The zero-order valence-electron chi connectivity index (χ0n) is 18.2. The van der Waals surface area contributed by atoms with Gasteiger partial charge in [0.2, 0.25) is 0 Å². The number of rotatable bonds is 8. The number of hydrogen-bond acceptors (Lipinski definition) is 8. The van der Waals surface area contributed by atoms with Gasteiger partial charge >= 0.3 is 0 Å². The predicted octanol–water partition coefficient (Wildman–Crippen LogP) is 3.14. The molecule has 9 nitrogen and oxygen atoms in total. The maximum Gasteiger partial charge on any atom is 0.154 e. The van der Waals surface area contributed by atoms with Crippen LogP contribution in [0.4, 0.5) is 11.6 Å². The van der Waals surface area contributed by atoms with E-state index in [0.29, 0.717) is 30.3 Å². The molecular formula is C23H26N8O. The SMILES string of the molecule is CC(C)c1cnnc(Nc2ccc3ncc(-c4cnn(CCOC5CNC5)c4)cc3n2)c1. The minimum Gasteiger partial charge on any atom is -0.374 e. The molecule has 1 fully saturated rings. The third-order valence-corrected chi connectivity index (χ3v) is 5.52. The van der Waals surface area contributed by atoms with Gasteiger partial charge in [-0.1, -0.05) is 13.8 Å². The summed E-state index contributed by atoms with van der Waals surface area (Å²) >= 11 is 0. The summed E-state index contributed by atoms with van der Waals surface area (Å²) in [5, 5.41) is 19.2. The minimum absolute atomic E-state index is 0.336. The van der Waals surface area contributed by atoms with Crippen molar-refractivity contribution in [2.45, 2.75) is 32.4 Å². The van der Waals surface area contributed by atoms with Crippen LogP contribution in [0.1, 0.15) is 25.3 Å². The summed E-state index contributed by atoms with van der Waals surface area (Å²) < 4.78 is 7.67. The largest absolute Gasteiger partial charge is 0.374 e. The van der Waals surface area contributed by atoms with Crippen LogP contribution in [0.5, 0.6) is 0 Å². The maximum atomic E-state index is 5.77. The molecule has 0 aromatic carbocycles. The van der Waals surface area contributed by atoms with Crippen molar-refractivity contribution >= 4 is 22.7 Å². The molecule has 1 saturated heterocycles. The van der Waals surface area contributed by atoms with Gasteiger partial charge in [0, 0.05) is 36.6 Å². The van der Waals surface area contributed by atoms with Gasteiger partial charge in [0.15, 0.2) is 5.82 Å². The van der Waals surface area contributed by atoms with Crippen LogP contribution in [0.15, 0.2) is 49.1 Å². The molecule has 0 atom stereocenters. The highest BCUT2D eigenvalue weighted by molar-refractivity contribution is 5.81. The first kappa shape index (κ1) is 20.5. The molecule has 9 heteroatoms. The molecule has 0 amide bonds. The van der Waals surface area contributed by atoms with Gasteiger partial charge in [0.25, 0.3) is 0 Å². The van der Waals surface area contributed by atoms with Crippen LogP contribution in [0.3, 0.4) is 0 Å². The van der Waals surface area contributed by atoms with Crippen molar-refractivity contribution in [3.63, 3.8) is 0 Å². The molecule has 1 aliphatic rings. The zero-order chi connectivity index (χ0) is 21.9. The molecule has 0 bridgehead atoms. The molecule has 32 heavy (non-hydrogen) atoms. The molecule has 2 N–H and O–H groups in total. The van der Waals surface area contributed by atoms with Crippen LogP contribution in [0, 0.1) is 0 Å². The lowest BCUT2D eigenvalue weighted by atomic mass is 10.1. The number of ether oxygens (including phenoxy) is 1. The van der Waals surface area contributed by atoms with E-state index in [9.17, 15) is 0 Å². The number of aromatic nitrogens is 6. The van der Waals surface area contributed by atoms with Gasteiger partial charge < -0.3 is 15.4 Å². The predicted molar refractivity (Wildman–Crippen MR) is 123 cm³/mol. The average Bonchev–Trinajstić information content (AvgIpc) is 3.24. The molecule has 0 aliphatic carbocycles. The van der Waals surface area contributed by atoms with E-state index in [-0.39, 0.29) is 0 Å². The summed E-state index contributed by atoms with van der Waals surface area (Å²) in [5.74, 6) is 1.75. The van der Waals surface area contributed by atoms with Crippen molar-refractivity contribution in [1.82, 2.24) is 35.3 Å². The Balaban J connectivity index is 1.31. The maximum absolute atomic E-state index is 5.77. The van der Waals surface area contributed by atoms with Crippen molar-refractivity contribution in [3.05, 3.63) is 54.6 Å². The summed E-state index contributed by atoms with van der Waals surface area (Å²) in [4.78, 5) is 9.30. The van der Waals surface area contributed by atoms with E-state index in [4.69, 9.17) is 9.72 Å². The summed E-state index contributed by atoms with van der Waals surface area (Å²) in [6.45, 7) is 7.51. The van der Waals surface area contributed by atoms with E-state index in [1.807, 2.05) is 47.5 Å². The van der Waals surface area contributed by atoms with Crippen molar-refractivity contribution in [2.75, 3.05) is 25.0 Å². The lowest BCUT2D eigenvalue weighted by molar-refractivity contribution is 0.0137. The molecule has 164 valence electrons. The fourth-order valence-electron chi connectivity index (χ4n) is 3.45. The highest BCUT2D eigenvalue weighted by Crippen LogP contribution is 2.24. The Hall–Kier alpha value is -3.43. The Labute approximate surface area is 186 Å². The Morgan fingerprint density at radius 3 is 2.81 bits per heavy atom. The lowest BCUT2D eigenvalue weighted by Crippen LogP contribution is -2.48. The van der Waals surface area contributed by atoms with E-state index < -0.39 is 0 Å².